The zero-order valence-electron chi connectivity index (χ0n) is 9.84. The number of hydrogen-bond donors (Lipinski definition) is 1. The van der Waals surface area contributed by atoms with Crippen LogP contribution in [0, 0.1) is 0 Å². The van der Waals surface area contributed by atoms with Gasteiger partial charge in [-0.05, 0) is 33.6 Å². The third kappa shape index (κ3) is 3.80. The number of rotatable bonds is 5. The lowest BCUT2D eigenvalue weighted by Gasteiger charge is -2.25. The van der Waals surface area contributed by atoms with E-state index in [2.05, 4.69) is 12.2 Å². The normalized spacial score (nSPS) is 27.7. The molecule has 1 heterocycles. The third-order valence-corrected chi connectivity index (χ3v) is 2.72. The molecule has 0 bridgehead atoms. The van der Waals surface area contributed by atoms with Crippen molar-refractivity contribution < 1.29 is 14.3 Å². The summed E-state index contributed by atoms with van der Waals surface area (Å²) in [6.07, 6.45) is 2.15. The van der Waals surface area contributed by atoms with E-state index in [9.17, 15) is 4.79 Å². The van der Waals surface area contributed by atoms with Gasteiger partial charge in [0.05, 0.1) is 12.2 Å². The lowest BCUT2D eigenvalue weighted by atomic mass is 10.0. The van der Waals surface area contributed by atoms with Crippen LogP contribution in [0.25, 0.3) is 0 Å². The Morgan fingerprint density at radius 2 is 2.40 bits per heavy atom. The number of carbonyl (C=O) groups is 1. The van der Waals surface area contributed by atoms with Crippen molar-refractivity contribution in [3.05, 3.63) is 0 Å². The van der Waals surface area contributed by atoms with Gasteiger partial charge in [-0.2, -0.15) is 0 Å². The fourth-order valence-electron chi connectivity index (χ4n) is 1.70. The van der Waals surface area contributed by atoms with E-state index in [1.807, 2.05) is 13.8 Å². The van der Waals surface area contributed by atoms with Crippen molar-refractivity contribution in [1.29, 1.82) is 0 Å². The number of hydrogen-bond acceptors (Lipinski definition) is 4. The van der Waals surface area contributed by atoms with Gasteiger partial charge in [0.1, 0.15) is 6.04 Å². The van der Waals surface area contributed by atoms with Crippen molar-refractivity contribution in [3.8, 4) is 0 Å². The molecule has 0 aliphatic carbocycles. The summed E-state index contributed by atoms with van der Waals surface area (Å²) < 4.78 is 10.5. The Morgan fingerprint density at radius 1 is 1.67 bits per heavy atom. The number of carbonyl (C=O) groups excluding carboxylic acids is 1. The largest absolute Gasteiger partial charge is 0.465 e. The topological polar surface area (TPSA) is 47.6 Å². The molecule has 4 nitrogen and oxygen atoms in total. The summed E-state index contributed by atoms with van der Waals surface area (Å²) >= 11 is 0. The summed E-state index contributed by atoms with van der Waals surface area (Å²) in [4.78, 5) is 11.3. The predicted molar refractivity (Wildman–Crippen MR) is 57.7 cm³/mol. The first kappa shape index (κ1) is 12.5. The van der Waals surface area contributed by atoms with E-state index in [1.54, 1.807) is 0 Å². The highest BCUT2D eigenvalue weighted by Gasteiger charge is 2.30. The highest BCUT2D eigenvalue weighted by atomic mass is 16.5. The Kier molecular flexibility index (Phi) is 4.54. The van der Waals surface area contributed by atoms with Crippen molar-refractivity contribution in [2.24, 2.45) is 0 Å². The molecule has 0 saturated carbocycles. The van der Waals surface area contributed by atoms with Gasteiger partial charge in [0, 0.05) is 13.2 Å². The van der Waals surface area contributed by atoms with Crippen LogP contribution < -0.4 is 5.32 Å². The van der Waals surface area contributed by atoms with E-state index in [-0.39, 0.29) is 17.6 Å². The van der Waals surface area contributed by atoms with Crippen LogP contribution in [0.1, 0.15) is 33.6 Å². The summed E-state index contributed by atoms with van der Waals surface area (Å²) in [6, 6.07) is -0.258. The standard InChI is InChI=1S/C11H21NO3/c1-4-14-10(13)9(2)12-8-11(3)6-5-7-15-11/h9,12H,4-8H2,1-3H3. The molecule has 0 aromatic heterocycles. The van der Waals surface area contributed by atoms with Crippen LogP contribution in [0.5, 0.6) is 0 Å². The molecule has 1 fully saturated rings. The number of nitrogens with one attached hydrogen (secondary N) is 1. The predicted octanol–water partition coefficient (Wildman–Crippen LogP) is 1.10. The van der Waals surface area contributed by atoms with E-state index in [0.29, 0.717) is 13.2 Å². The second kappa shape index (κ2) is 5.47. The van der Waals surface area contributed by atoms with Crippen LogP contribution in [0.3, 0.4) is 0 Å². The van der Waals surface area contributed by atoms with E-state index in [0.717, 1.165) is 19.4 Å². The van der Waals surface area contributed by atoms with Gasteiger partial charge in [0.2, 0.25) is 0 Å². The van der Waals surface area contributed by atoms with Crippen molar-refractivity contribution in [1.82, 2.24) is 5.32 Å². The molecule has 1 saturated heterocycles. The zero-order chi connectivity index (χ0) is 11.3. The maximum absolute atomic E-state index is 11.3. The lowest BCUT2D eigenvalue weighted by Crippen LogP contribution is -2.44. The minimum absolute atomic E-state index is 0.110. The lowest BCUT2D eigenvalue weighted by molar-refractivity contribution is -0.145. The first-order chi connectivity index (χ1) is 7.07. The van der Waals surface area contributed by atoms with Gasteiger partial charge in [0.15, 0.2) is 0 Å². The maximum atomic E-state index is 11.3. The van der Waals surface area contributed by atoms with Crippen molar-refractivity contribution in [2.75, 3.05) is 19.8 Å². The average Bonchev–Trinajstić information content (AvgIpc) is 2.63. The smallest absolute Gasteiger partial charge is 0.322 e. The summed E-state index contributed by atoms with van der Waals surface area (Å²) in [5.74, 6) is -0.195. The number of ether oxygens (including phenoxy) is 2. The monoisotopic (exact) mass is 215 g/mol. The fraction of sp³-hybridized carbons (Fsp3) is 0.909. The molecular weight excluding hydrogens is 194 g/mol. The molecule has 15 heavy (non-hydrogen) atoms. The molecule has 0 spiro atoms. The molecule has 4 heteroatoms. The van der Waals surface area contributed by atoms with Crippen LogP contribution in [0.2, 0.25) is 0 Å². The molecule has 0 aromatic carbocycles. The fourth-order valence-corrected chi connectivity index (χ4v) is 1.70. The molecule has 1 N–H and O–H groups in total. The zero-order valence-corrected chi connectivity index (χ0v) is 9.84. The van der Waals surface area contributed by atoms with E-state index in [4.69, 9.17) is 9.47 Å². The highest BCUT2D eigenvalue weighted by Crippen LogP contribution is 2.23. The molecule has 2 unspecified atom stereocenters. The quantitative estimate of drug-likeness (QED) is 0.698. The van der Waals surface area contributed by atoms with Gasteiger partial charge in [-0.1, -0.05) is 0 Å². The minimum Gasteiger partial charge on any atom is -0.465 e. The molecular formula is C11H21NO3. The van der Waals surface area contributed by atoms with Gasteiger partial charge >= 0.3 is 5.97 Å². The van der Waals surface area contributed by atoms with Crippen LogP contribution >= 0.6 is 0 Å². The minimum atomic E-state index is -0.258. The molecule has 0 aromatic rings. The van der Waals surface area contributed by atoms with Crippen LogP contribution in [-0.4, -0.2) is 37.4 Å². The first-order valence-corrected chi connectivity index (χ1v) is 5.61. The number of esters is 1. The Morgan fingerprint density at radius 3 is 2.93 bits per heavy atom. The molecule has 1 rings (SSSR count). The Bertz CT molecular complexity index is 212. The van der Waals surface area contributed by atoms with Crippen molar-refractivity contribution in [3.63, 3.8) is 0 Å². The summed E-state index contributed by atoms with van der Waals surface area (Å²) in [6.45, 7) is 7.66. The molecule has 0 radical (unpaired) electrons. The average molecular weight is 215 g/mol. The summed E-state index contributed by atoms with van der Waals surface area (Å²) in [5, 5.41) is 3.15. The van der Waals surface area contributed by atoms with Crippen LogP contribution in [-0.2, 0) is 14.3 Å². The van der Waals surface area contributed by atoms with Crippen LogP contribution in [0.15, 0.2) is 0 Å². The molecule has 0 amide bonds. The molecule has 88 valence electrons. The second-order valence-corrected chi connectivity index (χ2v) is 4.26. The van der Waals surface area contributed by atoms with Gasteiger partial charge < -0.3 is 14.8 Å². The van der Waals surface area contributed by atoms with E-state index in [1.165, 1.54) is 0 Å². The highest BCUT2D eigenvalue weighted by molar-refractivity contribution is 5.75. The van der Waals surface area contributed by atoms with E-state index < -0.39 is 0 Å². The first-order valence-electron chi connectivity index (χ1n) is 5.61. The molecule has 2 atom stereocenters. The Balaban J connectivity index is 2.26. The molecule has 1 aliphatic rings. The maximum Gasteiger partial charge on any atom is 0.322 e. The van der Waals surface area contributed by atoms with Crippen LogP contribution in [0.4, 0.5) is 0 Å². The van der Waals surface area contributed by atoms with Gasteiger partial charge in [-0.25, -0.2) is 0 Å². The van der Waals surface area contributed by atoms with Crippen molar-refractivity contribution in [2.45, 2.75) is 45.3 Å². The van der Waals surface area contributed by atoms with Gasteiger partial charge in [-0.3, -0.25) is 4.79 Å². The third-order valence-electron chi connectivity index (χ3n) is 2.72. The Labute approximate surface area is 91.3 Å². The van der Waals surface area contributed by atoms with Gasteiger partial charge in [-0.15, -0.1) is 0 Å². The molecule has 1 aliphatic heterocycles. The SMILES string of the molecule is CCOC(=O)C(C)NCC1(C)CCCO1. The van der Waals surface area contributed by atoms with Gasteiger partial charge in [0.25, 0.3) is 0 Å². The summed E-state index contributed by atoms with van der Waals surface area (Å²) in [7, 11) is 0. The summed E-state index contributed by atoms with van der Waals surface area (Å²) in [5.41, 5.74) is -0.110. The van der Waals surface area contributed by atoms with Crippen molar-refractivity contribution >= 4 is 5.97 Å². The second-order valence-electron chi connectivity index (χ2n) is 4.26. The Hall–Kier alpha value is -0.610. The van der Waals surface area contributed by atoms with E-state index >= 15 is 0 Å².